The van der Waals surface area contributed by atoms with Gasteiger partial charge in [-0.2, -0.15) is 0 Å². The SMILES string of the molecule is C1CCC(N2CCN(C34CC5CC(CC(C5)C3)C4)CC2)C1. The minimum atomic E-state index is 0.663. The van der Waals surface area contributed by atoms with Crippen LogP contribution in [0.25, 0.3) is 0 Å². The van der Waals surface area contributed by atoms with Crippen LogP contribution in [0.4, 0.5) is 0 Å². The summed E-state index contributed by atoms with van der Waals surface area (Å²) < 4.78 is 0. The van der Waals surface area contributed by atoms with Crippen LogP contribution >= 0.6 is 0 Å². The molecule has 0 amide bonds. The van der Waals surface area contributed by atoms with Gasteiger partial charge in [0.05, 0.1) is 0 Å². The van der Waals surface area contributed by atoms with Gasteiger partial charge in [-0.3, -0.25) is 9.80 Å². The molecule has 0 atom stereocenters. The molecule has 0 N–H and O–H groups in total. The standard InChI is InChI=1S/C19H32N2/c1-2-4-18(3-1)20-5-7-21(8-6-20)19-12-15-9-16(13-19)11-17(10-15)14-19/h15-18H,1-14H2. The first-order chi connectivity index (χ1) is 10.3. The molecule has 5 aliphatic carbocycles. The molecule has 0 spiro atoms. The predicted octanol–water partition coefficient (Wildman–Crippen LogP) is 3.52. The van der Waals surface area contributed by atoms with E-state index in [9.17, 15) is 0 Å². The molecule has 2 heteroatoms. The smallest absolute Gasteiger partial charge is 0.0218 e. The summed E-state index contributed by atoms with van der Waals surface area (Å²) in [5, 5.41) is 0. The summed E-state index contributed by atoms with van der Waals surface area (Å²) in [5.74, 6) is 3.30. The van der Waals surface area contributed by atoms with Gasteiger partial charge in [-0.25, -0.2) is 0 Å². The molecular weight excluding hydrogens is 256 g/mol. The molecule has 1 saturated heterocycles. The molecular formula is C19H32N2. The van der Waals surface area contributed by atoms with E-state index in [0.29, 0.717) is 5.54 Å². The fraction of sp³-hybridized carbons (Fsp3) is 1.00. The molecule has 5 saturated carbocycles. The van der Waals surface area contributed by atoms with Gasteiger partial charge < -0.3 is 0 Å². The Hall–Kier alpha value is -0.0800. The molecule has 6 fully saturated rings. The Bertz CT molecular complexity index is 355. The number of hydrogen-bond acceptors (Lipinski definition) is 2. The topological polar surface area (TPSA) is 6.48 Å². The van der Waals surface area contributed by atoms with Crippen molar-refractivity contribution in [2.45, 2.75) is 75.8 Å². The van der Waals surface area contributed by atoms with Gasteiger partial charge in [-0.1, -0.05) is 12.8 Å². The van der Waals surface area contributed by atoms with E-state index in [1.54, 1.807) is 38.5 Å². The fourth-order valence-corrected chi connectivity index (χ4v) is 7.28. The lowest BCUT2D eigenvalue weighted by Gasteiger charge is -2.62. The van der Waals surface area contributed by atoms with Gasteiger partial charge in [0, 0.05) is 37.8 Å². The summed E-state index contributed by atoms with van der Waals surface area (Å²) in [6.07, 6.45) is 15.4. The zero-order chi connectivity index (χ0) is 13.9. The molecule has 6 rings (SSSR count). The number of piperazine rings is 1. The van der Waals surface area contributed by atoms with Crippen LogP contribution in [0.2, 0.25) is 0 Å². The lowest BCUT2D eigenvalue weighted by molar-refractivity contribution is -0.103. The maximum absolute atomic E-state index is 2.98. The van der Waals surface area contributed by atoms with Crippen LogP contribution in [0, 0.1) is 17.8 Å². The van der Waals surface area contributed by atoms with Crippen molar-refractivity contribution < 1.29 is 0 Å². The Morgan fingerprint density at radius 2 is 1.19 bits per heavy atom. The van der Waals surface area contributed by atoms with E-state index >= 15 is 0 Å². The lowest BCUT2D eigenvalue weighted by Crippen LogP contribution is -2.64. The highest BCUT2D eigenvalue weighted by Gasteiger charge is 2.53. The molecule has 21 heavy (non-hydrogen) atoms. The van der Waals surface area contributed by atoms with Gasteiger partial charge in [0.25, 0.3) is 0 Å². The summed E-state index contributed by atoms with van der Waals surface area (Å²) in [4.78, 5) is 5.81. The fourth-order valence-electron chi connectivity index (χ4n) is 7.28. The maximum Gasteiger partial charge on any atom is 0.0218 e. The van der Waals surface area contributed by atoms with E-state index in [1.165, 1.54) is 51.9 Å². The number of nitrogens with zero attached hydrogens (tertiary/aromatic N) is 2. The molecule has 0 aromatic heterocycles. The molecule has 4 bridgehead atoms. The Morgan fingerprint density at radius 3 is 1.71 bits per heavy atom. The summed E-state index contributed by atoms with van der Waals surface area (Å²) in [7, 11) is 0. The monoisotopic (exact) mass is 288 g/mol. The van der Waals surface area contributed by atoms with Gasteiger partial charge in [0.15, 0.2) is 0 Å². The molecule has 1 aliphatic heterocycles. The zero-order valence-electron chi connectivity index (χ0n) is 13.6. The van der Waals surface area contributed by atoms with Crippen LogP contribution in [0.1, 0.15) is 64.2 Å². The first-order valence-corrected chi connectivity index (χ1v) is 9.80. The Morgan fingerprint density at radius 1 is 0.667 bits per heavy atom. The third-order valence-electron chi connectivity index (χ3n) is 7.83. The quantitative estimate of drug-likeness (QED) is 0.767. The van der Waals surface area contributed by atoms with Crippen molar-refractivity contribution in [2.24, 2.45) is 17.8 Å². The van der Waals surface area contributed by atoms with Crippen LogP contribution in [0.3, 0.4) is 0 Å². The Labute approximate surface area is 130 Å². The maximum atomic E-state index is 2.98. The van der Waals surface area contributed by atoms with Gasteiger partial charge >= 0.3 is 0 Å². The minimum absolute atomic E-state index is 0.663. The van der Waals surface area contributed by atoms with E-state index in [0.717, 1.165) is 23.8 Å². The average molecular weight is 288 g/mol. The summed E-state index contributed by atoms with van der Waals surface area (Å²) in [6, 6.07) is 0.948. The molecule has 6 aliphatic rings. The molecule has 1 heterocycles. The number of rotatable bonds is 2. The van der Waals surface area contributed by atoms with Crippen molar-refractivity contribution in [3.05, 3.63) is 0 Å². The van der Waals surface area contributed by atoms with E-state index in [1.807, 2.05) is 0 Å². The van der Waals surface area contributed by atoms with E-state index in [4.69, 9.17) is 0 Å². The van der Waals surface area contributed by atoms with Gasteiger partial charge in [-0.05, 0) is 69.1 Å². The normalized spacial score (nSPS) is 48.3. The van der Waals surface area contributed by atoms with E-state index < -0.39 is 0 Å². The summed E-state index contributed by atoms with van der Waals surface area (Å²) in [6.45, 7) is 5.49. The van der Waals surface area contributed by atoms with E-state index in [2.05, 4.69) is 9.80 Å². The van der Waals surface area contributed by atoms with Crippen LogP contribution in [-0.2, 0) is 0 Å². The second-order valence-electron chi connectivity index (χ2n) is 9.10. The van der Waals surface area contributed by atoms with Crippen LogP contribution < -0.4 is 0 Å². The Balaban J connectivity index is 1.27. The summed E-state index contributed by atoms with van der Waals surface area (Å²) >= 11 is 0. The van der Waals surface area contributed by atoms with Crippen LogP contribution in [0.15, 0.2) is 0 Å². The second kappa shape index (κ2) is 4.96. The molecule has 118 valence electrons. The van der Waals surface area contributed by atoms with Gasteiger partial charge in [0.1, 0.15) is 0 Å². The third kappa shape index (κ3) is 2.20. The largest absolute Gasteiger partial charge is 0.298 e. The van der Waals surface area contributed by atoms with Gasteiger partial charge in [-0.15, -0.1) is 0 Å². The van der Waals surface area contributed by atoms with Crippen molar-refractivity contribution in [3.8, 4) is 0 Å². The minimum Gasteiger partial charge on any atom is -0.298 e. The van der Waals surface area contributed by atoms with Crippen molar-refractivity contribution >= 4 is 0 Å². The highest BCUT2D eigenvalue weighted by atomic mass is 15.3. The second-order valence-corrected chi connectivity index (χ2v) is 9.10. The zero-order valence-corrected chi connectivity index (χ0v) is 13.6. The highest BCUT2D eigenvalue weighted by Crippen LogP contribution is 2.57. The van der Waals surface area contributed by atoms with Crippen molar-refractivity contribution in [3.63, 3.8) is 0 Å². The molecule has 2 nitrogen and oxygen atoms in total. The average Bonchev–Trinajstić information content (AvgIpc) is 3.00. The van der Waals surface area contributed by atoms with Crippen LogP contribution in [-0.4, -0.2) is 47.6 Å². The van der Waals surface area contributed by atoms with E-state index in [-0.39, 0.29) is 0 Å². The van der Waals surface area contributed by atoms with Crippen molar-refractivity contribution in [1.82, 2.24) is 9.80 Å². The summed E-state index contributed by atoms with van der Waals surface area (Å²) in [5.41, 5.74) is 0.663. The first kappa shape index (κ1) is 13.4. The first-order valence-electron chi connectivity index (χ1n) is 9.80. The lowest BCUT2D eigenvalue weighted by atomic mass is 9.52. The van der Waals surface area contributed by atoms with Crippen molar-refractivity contribution in [2.75, 3.05) is 26.2 Å². The van der Waals surface area contributed by atoms with Gasteiger partial charge in [0.2, 0.25) is 0 Å². The van der Waals surface area contributed by atoms with Crippen molar-refractivity contribution in [1.29, 1.82) is 0 Å². The highest BCUT2D eigenvalue weighted by molar-refractivity contribution is 5.08. The third-order valence-corrected chi connectivity index (χ3v) is 7.83. The molecule has 0 aromatic carbocycles. The molecule has 0 unspecified atom stereocenters. The Kier molecular flexibility index (Phi) is 3.16. The molecule has 0 radical (unpaired) electrons. The number of hydrogen-bond donors (Lipinski definition) is 0. The predicted molar refractivity (Wildman–Crippen MR) is 86.3 cm³/mol. The molecule has 0 aromatic rings. The van der Waals surface area contributed by atoms with Crippen LogP contribution in [0.5, 0.6) is 0 Å².